The number of hydrogen-bond donors (Lipinski definition) is 1. The third-order valence-corrected chi connectivity index (χ3v) is 3.53. The topological polar surface area (TPSA) is 61.0 Å². The van der Waals surface area contributed by atoms with Crippen LogP contribution in [-0.2, 0) is 6.42 Å². The number of aromatic nitrogens is 2. The molecule has 0 amide bonds. The van der Waals surface area contributed by atoms with Crippen LogP contribution in [0.4, 0.5) is 0 Å². The summed E-state index contributed by atoms with van der Waals surface area (Å²) < 4.78 is 5.22. The van der Waals surface area contributed by atoms with Crippen LogP contribution in [0.15, 0.2) is 36.7 Å². The van der Waals surface area contributed by atoms with Crippen LogP contribution in [0.1, 0.15) is 28.8 Å². The lowest BCUT2D eigenvalue weighted by atomic mass is 9.73. The largest absolute Gasteiger partial charge is 0.480 e. The van der Waals surface area contributed by atoms with Gasteiger partial charge >= 0.3 is 0 Å². The van der Waals surface area contributed by atoms with E-state index in [2.05, 4.69) is 28.2 Å². The van der Waals surface area contributed by atoms with Crippen molar-refractivity contribution in [3.63, 3.8) is 0 Å². The van der Waals surface area contributed by atoms with Crippen molar-refractivity contribution in [1.29, 1.82) is 0 Å². The van der Waals surface area contributed by atoms with Gasteiger partial charge in [-0.15, -0.1) is 0 Å². The number of hydrogen-bond acceptors (Lipinski definition) is 4. The van der Waals surface area contributed by atoms with Crippen LogP contribution in [-0.4, -0.2) is 17.1 Å². The highest BCUT2D eigenvalue weighted by atomic mass is 16.5. The molecule has 2 N–H and O–H groups in total. The summed E-state index contributed by atoms with van der Waals surface area (Å²) >= 11 is 0. The van der Waals surface area contributed by atoms with E-state index in [1.807, 2.05) is 6.07 Å². The Kier molecular flexibility index (Phi) is 2.72. The van der Waals surface area contributed by atoms with Gasteiger partial charge in [-0.25, -0.2) is 4.98 Å². The van der Waals surface area contributed by atoms with Crippen molar-refractivity contribution in [2.24, 2.45) is 5.73 Å². The second kappa shape index (κ2) is 4.38. The molecule has 2 unspecified atom stereocenters. The van der Waals surface area contributed by atoms with Crippen molar-refractivity contribution in [2.45, 2.75) is 18.4 Å². The lowest BCUT2D eigenvalue weighted by Crippen LogP contribution is -2.30. The minimum absolute atomic E-state index is 0.163. The van der Waals surface area contributed by atoms with Crippen molar-refractivity contribution in [2.75, 3.05) is 7.11 Å². The third kappa shape index (κ3) is 1.66. The SMILES string of the molecule is COc1nccnc1C(N)C1Cc2ccccc21. The molecular formula is C14H15N3O. The van der Waals surface area contributed by atoms with E-state index in [1.165, 1.54) is 11.1 Å². The molecule has 0 bridgehead atoms. The molecule has 4 nitrogen and oxygen atoms in total. The predicted molar refractivity (Wildman–Crippen MR) is 68.4 cm³/mol. The molecule has 1 aliphatic carbocycles. The second-order valence-corrected chi connectivity index (χ2v) is 4.49. The first-order valence-corrected chi connectivity index (χ1v) is 5.99. The first-order chi connectivity index (χ1) is 8.81. The van der Waals surface area contributed by atoms with Gasteiger partial charge in [0.2, 0.25) is 5.88 Å². The number of benzene rings is 1. The normalized spacial score (nSPS) is 18.7. The van der Waals surface area contributed by atoms with E-state index >= 15 is 0 Å². The van der Waals surface area contributed by atoms with Gasteiger partial charge < -0.3 is 10.5 Å². The van der Waals surface area contributed by atoms with Crippen molar-refractivity contribution >= 4 is 0 Å². The molecule has 2 atom stereocenters. The highest BCUT2D eigenvalue weighted by molar-refractivity contribution is 5.43. The van der Waals surface area contributed by atoms with Gasteiger partial charge in [0, 0.05) is 18.3 Å². The average Bonchev–Trinajstić information content (AvgIpc) is 2.40. The molecule has 92 valence electrons. The van der Waals surface area contributed by atoms with Gasteiger partial charge in [0.25, 0.3) is 0 Å². The molecule has 1 heterocycles. The van der Waals surface area contributed by atoms with Gasteiger partial charge in [0.05, 0.1) is 13.2 Å². The van der Waals surface area contributed by atoms with E-state index in [0.717, 1.165) is 12.1 Å². The highest BCUT2D eigenvalue weighted by Crippen LogP contribution is 2.42. The maximum atomic E-state index is 6.31. The second-order valence-electron chi connectivity index (χ2n) is 4.49. The zero-order valence-electron chi connectivity index (χ0n) is 10.2. The molecule has 18 heavy (non-hydrogen) atoms. The predicted octanol–water partition coefficient (Wildman–Crippen LogP) is 1.82. The summed E-state index contributed by atoms with van der Waals surface area (Å²) in [4.78, 5) is 8.46. The van der Waals surface area contributed by atoms with Crippen LogP contribution in [0.3, 0.4) is 0 Å². The summed E-state index contributed by atoms with van der Waals surface area (Å²) in [6, 6.07) is 8.22. The molecule has 0 saturated carbocycles. The minimum atomic E-state index is -0.163. The summed E-state index contributed by atoms with van der Waals surface area (Å²) in [5.41, 5.74) is 9.74. The van der Waals surface area contributed by atoms with E-state index in [9.17, 15) is 0 Å². The Labute approximate surface area is 106 Å². The monoisotopic (exact) mass is 241 g/mol. The lowest BCUT2D eigenvalue weighted by molar-refractivity contribution is 0.374. The fraction of sp³-hybridized carbons (Fsp3) is 0.286. The van der Waals surface area contributed by atoms with Crippen LogP contribution >= 0.6 is 0 Å². The van der Waals surface area contributed by atoms with Gasteiger partial charge in [0.15, 0.2) is 0 Å². The Morgan fingerprint density at radius 3 is 2.83 bits per heavy atom. The van der Waals surface area contributed by atoms with Gasteiger partial charge in [-0.3, -0.25) is 4.98 Å². The zero-order chi connectivity index (χ0) is 12.5. The first-order valence-electron chi connectivity index (χ1n) is 5.99. The Morgan fingerprint density at radius 1 is 1.28 bits per heavy atom. The number of fused-ring (bicyclic) bond motifs is 1. The molecule has 4 heteroatoms. The fourth-order valence-corrected chi connectivity index (χ4v) is 2.53. The summed E-state index contributed by atoms with van der Waals surface area (Å²) in [5, 5.41) is 0. The molecular weight excluding hydrogens is 226 g/mol. The van der Waals surface area contributed by atoms with Gasteiger partial charge in [-0.1, -0.05) is 24.3 Å². The number of ether oxygens (including phenoxy) is 1. The molecule has 1 aliphatic rings. The van der Waals surface area contributed by atoms with Crippen LogP contribution in [0.5, 0.6) is 5.88 Å². The molecule has 0 radical (unpaired) electrons. The average molecular weight is 241 g/mol. The molecule has 3 rings (SSSR count). The van der Waals surface area contributed by atoms with Crippen LogP contribution in [0.25, 0.3) is 0 Å². The van der Waals surface area contributed by atoms with E-state index < -0.39 is 0 Å². The Hall–Kier alpha value is -1.94. The summed E-state index contributed by atoms with van der Waals surface area (Å²) in [6.45, 7) is 0. The Bertz CT molecular complexity index is 570. The molecule has 0 saturated heterocycles. The molecule has 0 aliphatic heterocycles. The highest BCUT2D eigenvalue weighted by Gasteiger charge is 2.33. The molecule has 1 aromatic heterocycles. The van der Waals surface area contributed by atoms with Crippen molar-refractivity contribution in [3.8, 4) is 5.88 Å². The van der Waals surface area contributed by atoms with Crippen molar-refractivity contribution in [1.82, 2.24) is 9.97 Å². The number of nitrogens with two attached hydrogens (primary N) is 1. The van der Waals surface area contributed by atoms with E-state index in [4.69, 9.17) is 10.5 Å². The van der Waals surface area contributed by atoms with E-state index in [-0.39, 0.29) is 6.04 Å². The fourth-order valence-electron chi connectivity index (χ4n) is 2.53. The van der Waals surface area contributed by atoms with Gasteiger partial charge in [-0.05, 0) is 17.5 Å². The maximum Gasteiger partial charge on any atom is 0.237 e. The number of nitrogens with zero attached hydrogens (tertiary/aromatic N) is 2. The maximum absolute atomic E-state index is 6.31. The smallest absolute Gasteiger partial charge is 0.237 e. The van der Waals surface area contributed by atoms with Crippen LogP contribution in [0.2, 0.25) is 0 Å². The van der Waals surface area contributed by atoms with Crippen LogP contribution < -0.4 is 10.5 Å². The number of rotatable bonds is 3. The molecule has 0 spiro atoms. The quantitative estimate of drug-likeness (QED) is 0.890. The minimum Gasteiger partial charge on any atom is -0.480 e. The summed E-state index contributed by atoms with van der Waals surface area (Å²) in [6.07, 6.45) is 4.27. The zero-order valence-corrected chi connectivity index (χ0v) is 10.2. The standard InChI is InChI=1S/C14H15N3O/c1-18-14-13(16-6-7-17-14)12(15)11-8-9-4-2-3-5-10(9)11/h2-7,11-12H,8,15H2,1H3. The number of methoxy groups -OCH3 is 1. The van der Waals surface area contributed by atoms with E-state index in [1.54, 1.807) is 19.5 Å². The van der Waals surface area contributed by atoms with Crippen LogP contribution in [0, 0.1) is 0 Å². The van der Waals surface area contributed by atoms with Gasteiger partial charge in [0.1, 0.15) is 5.69 Å². The first kappa shape index (κ1) is 11.2. The summed E-state index contributed by atoms with van der Waals surface area (Å²) in [7, 11) is 1.59. The van der Waals surface area contributed by atoms with Crippen molar-refractivity contribution in [3.05, 3.63) is 53.5 Å². The molecule has 2 aromatic rings. The summed E-state index contributed by atoms with van der Waals surface area (Å²) in [5.74, 6) is 0.834. The van der Waals surface area contributed by atoms with Crippen molar-refractivity contribution < 1.29 is 4.74 Å². The van der Waals surface area contributed by atoms with Gasteiger partial charge in [-0.2, -0.15) is 0 Å². The lowest BCUT2D eigenvalue weighted by Gasteiger charge is -2.34. The Morgan fingerprint density at radius 2 is 2.06 bits per heavy atom. The molecule has 1 aromatic carbocycles. The molecule has 0 fully saturated rings. The third-order valence-electron chi connectivity index (χ3n) is 3.53. The Balaban J connectivity index is 1.91. The van der Waals surface area contributed by atoms with E-state index in [0.29, 0.717) is 11.8 Å².